The van der Waals surface area contributed by atoms with Gasteiger partial charge >= 0.3 is 0 Å². The molecule has 2 N–H and O–H groups in total. The number of hydrogen-bond acceptors (Lipinski definition) is 3. The minimum Gasteiger partial charge on any atom is -0.352 e. The molecule has 0 spiro atoms. The van der Waals surface area contributed by atoms with E-state index in [4.69, 9.17) is 0 Å². The highest BCUT2D eigenvalue weighted by molar-refractivity contribution is 7.81. The molecule has 1 unspecified atom stereocenters. The maximum absolute atomic E-state index is 11.3. The van der Waals surface area contributed by atoms with E-state index < -0.39 is 6.04 Å². The van der Waals surface area contributed by atoms with Crippen molar-refractivity contribution in [2.24, 2.45) is 0 Å². The van der Waals surface area contributed by atoms with Crippen molar-refractivity contribution in [3.05, 3.63) is 0 Å². The van der Waals surface area contributed by atoms with Crippen LogP contribution in [0.5, 0.6) is 0 Å². The Morgan fingerprint density at radius 1 is 1.23 bits per heavy atom. The smallest absolute Gasteiger partial charge is 0.242 e. The van der Waals surface area contributed by atoms with Crippen molar-refractivity contribution in [3.8, 4) is 0 Å². The molecule has 76 valence electrons. The van der Waals surface area contributed by atoms with Crippen LogP contribution in [0.4, 0.5) is 0 Å². The van der Waals surface area contributed by atoms with Gasteiger partial charge in [0.15, 0.2) is 0 Å². The van der Waals surface area contributed by atoms with Gasteiger partial charge in [-0.25, -0.2) is 0 Å². The Morgan fingerprint density at radius 3 is 2.15 bits per heavy atom. The molecular weight excluding hydrogens is 188 g/mol. The second-order valence-electron chi connectivity index (χ2n) is 3.11. The molecule has 0 aliphatic heterocycles. The third-order valence-electron chi connectivity index (χ3n) is 1.35. The molecule has 0 aromatic carbocycles. The monoisotopic (exact) mass is 204 g/mol. The summed E-state index contributed by atoms with van der Waals surface area (Å²) in [6.45, 7) is 5.37. The Bertz CT molecular complexity index is 195. The van der Waals surface area contributed by atoms with E-state index in [0.717, 1.165) is 0 Å². The van der Waals surface area contributed by atoms with E-state index in [2.05, 4.69) is 23.3 Å². The average molecular weight is 204 g/mol. The van der Waals surface area contributed by atoms with E-state index in [0.29, 0.717) is 0 Å². The van der Waals surface area contributed by atoms with Gasteiger partial charge in [0.1, 0.15) is 6.04 Å². The van der Waals surface area contributed by atoms with Gasteiger partial charge in [0.05, 0.1) is 5.75 Å². The van der Waals surface area contributed by atoms with Crippen LogP contribution in [0.1, 0.15) is 20.8 Å². The molecule has 0 saturated carbocycles. The van der Waals surface area contributed by atoms with Crippen LogP contribution in [-0.4, -0.2) is 29.7 Å². The second kappa shape index (κ2) is 5.85. The van der Waals surface area contributed by atoms with Crippen LogP contribution in [-0.2, 0) is 9.59 Å². The molecule has 0 aliphatic carbocycles. The van der Waals surface area contributed by atoms with Crippen molar-refractivity contribution in [3.63, 3.8) is 0 Å². The highest BCUT2D eigenvalue weighted by atomic mass is 32.1. The fourth-order valence-corrected chi connectivity index (χ4v) is 0.853. The molecule has 5 heteroatoms. The molecule has 0 saturated heterocycles. The minimum absolute atomic E-state index is 0.0860. The van der Waals surface area contributed by atoms with Gasteiger partial charge in [-0.1, -0.05) is 0 Å². The zero-order valence-corrected chi connectivity index (χ0v) is 9.02. The summed E-state index contributed by atoms with van der Waals surface area (Å²) in [6.07, 6.45) is 0. The van der Waals surface area contributed by atoms with Crippen LogP contribution < -0.4 is 10.6 Å². The van der Waals surface area contributed by atoms with Crippen molar-refractivity contribution >= 4 is 24.4 Å². The summed E-state index contributed by atoms with van der Waals surface area (Å²) in [7, 11) is 0. The van der Waals surface area contributed by atoms with E-state index in [1.165, 1.54) is 0 Å². The molecule has 0 bridgehead atoms. The summed E-state index contributed by atoms with van der Waals surface area (Å²) in [5, 5.41) is 5.20. The maximum atomic E-state index is 11.3. The van der Waals surface area contributed by atoms with Crippen LogP contribution in [0.2, 0.25) is 0 Å². The number of amides is 2. The number of hydrogen-bond donors (Lipinski definition) is 3. The summed E-state index contributed by atoms with van der Waals surface area (Å²) in [5.41, 5.74) is 0. The average Bonchev–Trinajstić information content (AvgIpc) is 2.02. The van der Waals surface area contributed by atoms with E-state index >= 15 is 0 Å². The molecule has 1 atom stereocenters. The molecule has 0 aliphatic rings. The van der Waals surface area contributed by atoms with Crippen LogP contribution in [0.3, 0.4) is 0 Å². The predicted octanol–water partition coefficient (Wildman–Crippen LogP) is -0.0545. The zero-order valence-electron chi connectivity index (χ0n) is 8.13. The van der Waals surface area contributed by atoms with Crippen LogP contribution >= 0.6 is 12.6 Å². The SMILES string of the molecule is CC(C)NC(=O)C(C)NC(=O)CS. The second-order valence-corrected chi connectivity index (χ2v) is 3.43. The molecule has 0 aromatic heterocycles. The lowest BCUT2D eigenvalue weighted by molar-refractivity contribution is -0.127. The van der Waals surface area contributed by atoms with E-state index in [9.17, 15) is 9.59 Å². The minimum atomic E-state index is -0.498. The highest BCUT2D eigenvalue weighted by Gasteiger charge is 2.14. The van der Waals surface area contributed by atoms with Crippen molar-refractivity contribution in [2.75, 3.05) is 5.75 Å². The number of rotatable bonds is 4. The van der Waals surface area contributed by atoms with E-state index in [-0.39, 0.29) is 23.6 Å². The first-order valence-corrected chi connectivity index (χ1v) is 4.81. The summed E-state index contributed by atoms with van der Waals surface area (Å²) in [4.78, 5) is 22.1. The van der Waals surface area contributed by atoms with Gasteiger partial charge in [-0.3, -0.25) is 9.59 Å². The Labute approximate surface area is 83.9 Å². The van der Waals surface area contributed by atoms with Crippen molar-refractivity contribution in [2.45, 2.75) is 32.9 Å². The normalized spacial score (nSPS) is 12.4. The zero-order chi connectivity index (χ0) is 10.4. The van der Waals surface area contributed by atoms with Crippen molar-refractivity contribution < 1.29 is 9.59 Å². The summed E-state index contributed by atoms with van der Waals surface area (Å²) >= 11 is 3.78. The highest BCUT2D eigenvalue weighted by Crippen LogP contribution is 1.86. The van der Waals surface area contributed by atoms with E-state index in [1.54, 1.807) is 6.92 Å². The maximum Gasteiger partial charge on any atom is 0.242 e. The molecule has 0 fully saturated rings. The first-order chi connectivity index (χ1) is 5.97. The topological polar surface area (TPSA) is 58.2 Å². The van der Waals surface area contributed by atoms with Crippen LogP contribution in [0.25, 0.3) is 0 Å². The molecule has 0 aromatic rings. The lowest BCUT2D eigenvalue weighted by Crippen LogP contribution is -2.47. The predicted molar refractivity (Wildman–Crippen MR) is 54.7 cm³/mol. The largest absolute Gasteiger partial charge is 0.352 e. The molecule has 4 nitrogen and oxygen atoms in total. The first kappa shape index (κ1) is 12.3. The first-order valence-electron chi connectivity index (χ1n) is 4.18. The van der Waals surface area contributed by atoms with Gasteiger partial charge in [-0.2, -0.15) is 12.6 Å². The summed E-state index contributed by atoms with van der Waals surface area (Å²) in [5.74, 6) is -0.320. The van der Waals surface area contributed by atoms with Gasteiger partial charge in [0.25, 0.3) is 0 Å². The molecule has 0 rings (SSSR count). The van der Waals surface area contributed by atoms with Crippen molar-refractivity contribution in [1.29, 1.82) is 0 Å². The van der Waals surface area contributed by atoms with Crippen molar-refractivity contribution in [1.82, 2.24) is 10.6 Å². The lowest BCUT2D eigenvalue weighted by Gasteiger charge is -2.15. The molecule has 2 amide bonds. The van der Waals surface area contributed by atoms with Gasteiger partial charge in [-0.15, -0.1) is 0 Å². The van der Waals surface area contributed by atoms with Gasteiger partial charge in [0.2, 0.25) is 11.8 Å². The number of carbonyl (C=O) groups is 2. The lowest BCUT2D eigenvalue weighted by atomic mass is 10.3. The van der Waals surface area contributed by atoms with Crippen LogP contribution in [0, 0.1) is 0 Å². The van der Waals surface area contributed by atoms with Crippen LogP contribution in [0.15, 0.2) is 0 Å². The van der Waals surface area contributed by atoms with Gasteiger partial charge in [0, 0.05) is 6.04 Å². The third kappa shape index (κ3) is 5.52. The molecule has 0 radical (unpaired) electrons. The number of nitrogens with one attached hydrogen (secondary N) is 2. The summed E-state index contributed by atoms with van der Waals surface area (Å²) < 4.78 is 0. The van der Waals surface area contributed by atoms with E-state index in [1.807, 2.05) is 13.8 Å². The standard InChI is InChI=1S/C8H16N2O2S/c1-5(2)9-8(12)6(3)10-7(11)4-13/h5-6,13H,4H2,1-3H3,(H,9,12)(H,10,11). The number of carbonyl (C=O) groups excluding carboxylic acids is 2. The fraction of sp³-hybridized carbons (Fsp3) is 0.750. The Kier molecular flexibility index (Phi) is 5.53. The molecule has 13 heavy (non-hydrogen) atoms. The Balaban J connectivity index is 3.89. The quantitative estimate of drug-likeness (QED) is 0.562. The Morgan fingerprint density at radius 2 is 1.77 bits per heavy atom. The number of thiol groups is 1. The Hall–Kier alpha value is -0.710. The molecule has 0 heterocycles. The summed E-state index contributed by atoms with van der Waals surface area (Å²) in [6, 6.07) is -0.412. The fourth-order valence-electron chi connectivity index (χ4n) is 0.762. The molecular formula is C8H16N2O2S. The van der Waals surface area contributed by atoms with Gasteiger partial charge in [-0.05, 0) is 20.8 Å². The van der Waals surface area contributed by atoms with Gasteiger partial charge < -0.3 is 10.6 Å². The third-order valence-corrected chi connectivity index (χ3v) is 1.63.